The fourth-order valence-corrected chi connectivity index (χ4v) is 2.07. The number of alkyl halides is 2. The molecule has 0 bridgehead atoms. The van der Waals surface area contributed by atoms with Gasteiger partial charge in [-0.2, -0.15) is 0 Å². The minimum Gasteiger partial charge on any atom is -0.494 e. The van der Waals surface area contributed by atoms with Crippen molar-refractivity contribution in [1.29, 1.82) is 0 Å². The molecule has 5 nitrogen and oxygen atoms in total. The molecule has 0 aromatic heterocycles. The number of halogens is 2. The van der Waals surface area contributed by atoms with E-state index in [-0.39, 0.29) is 13.1 Å². The Bertz CT molecular complexity index is 544. The van der Waals surface area contributed by atoms with Crippen LogP contribution in [0.1, 0.15) is 11.1 Å². The third-order valence-electron chi connectivity index (χ3n) is 3.18. The van der Waals surface area contributed by atoms with Gasteiger partial charge in [-0.15, -0.1) is 0 Å². The van der Waals surface area contributed by atoms with E-state index in [4.69, 9.17) is 0 Å². The fourth-order valence-electron chi connectivity index (χ4n) is 2.07. The van der Waals surface area contributed by atoms with Crippen molar-refractivity contribution in [2.75, 3.05) is 20.1 Å². The molecular formula is C14H16BF2NO4. The lowest BCUT2D eigenvalue weighted by Gasteiger charge is -2.26. The molecule has 0 unspecified atom stereocenters. The average Bonchev–Trinajstić information content (AvgIpc) is 2.38. The van der Waals surface area contributed by atoms with Crippen LogP contribution in [0, 0.1) is 6.92 Å². The third kappa shape index (κ3) is 4.27. The van der Waals surface area contributed by atoms with Crippen molar-refractivity contribution < 1.29 is 27.7 Å². The molecule has 0 radical (unpaired) electrons. The van der Waals surface area contributed by atoms with Crippen LogP contribution in [-0.2, 0) is 25.3 Å². The van der Waals surface area contributed by atoms with Crippen molar-refractivity contribution in [3.05, 3.63) is 35.4 Å². The van der Waals surface area contributed by atoms with Crippen LogP contribution < -0.4 is 0 Å². The molecule has 0 aliphatic carbocycles. The van der Waals surface area contributed by atoms with Gasteiger partial charge in [-0.1, -0.05) is 29.8 Å². The molecule has 0 amide bonds. The second-order valence-electron chi connectivity index (χ2n) is 5.41. The van der Waals surface area contributed by atoms with E-state index in [9.17, 15) is 18.4 Å². The summed E-state index contributed by atoms with van der Waals surface area (Å²) in [7, 11) is -0.713. The summed E-state index contributed by atoms with van der Waals surface area (Å²) >= 11 is 0. The smallest absolute Gasteiger partial charge is 0.494 e. The summed E-state index contributed by atoms with van der Waals surface area (Å²) in [6.45, 7) is 1.36. The average molecular weight is 311 g/mol. The number of aryl methyl sites for hydroxylation is 1. The first-order valence-corrected chi connectivity index (χ1v) is 6.77. The molecule has 1 aromatic carbocycles. The van der Waals surface area contributed by atoms with Crippen LogP contribution in [0.5, 0.6) is 0 Å². The Kier molecular flexibility index (Phi) is 4.80. The van der Waals surface area contributed by atoms with Gasteiger partial charge in [0.1, 0.15) is 0 Å². The van der Waals surface area contributed by atoms with Crippen LogP contribution in [0.3, 0.4) is 0 Å². The predicted octanol–water partition coefficient (Wildman–Crippen LogP) is 1.23. The van der Waals surface area contributed by atoms with Crippen molar-refractivity contribution in [2.24, 2.45) is 0 Å². The molecule has 1 aliphatic heterocycles. The van der Waals surface area contributed by atoms with Crippen molar-refractivity contribution in [3.8, 4) is 0 Å². The summed E-state index contributed by atoms with van der Waals surface area (Å²) in [4.78, 5) is 24.4. The first-order valence-electron chi connectivity index (χ1n) is 6.77. The summed E-state index contributed by atoms with van der Waals surface area (Å²) in [6, 6.07) is 6.53. The van der Waals surface area contributed by atoms with E-state index in [2.05, 4.69) is 9.31 Å². The molecule has 0 spiro atoms. The maximum Gasteiger partial charge on any atom is 0.674 e. The maximum atomic E-state index is 14.3. The largest absolute Gasteiger partial charge is 0.674 e. The maximum absolute atomic E-state index is 14.3. The van der Waals surface area contributed by atoms with Crippen LogP contribution in [0.4, 0.5) is 8.78 Å². The van der Waals surface area contributed by atoms with Crippen LogP contribution in [0.2, 0.25) is 0 Å². The number of rotatable bonds is 3. The summed E-state index contributed by atoms with van der Waals surface area (Å²) < 4.78 is 37.8. The lowest BCUT2D eigenvalue weighted by Crippen LogP contribution is -2.52. The normalized spacial score (nSPS) is 17.5. The van der Waals surface area contributed by atoms with Gasteiger partial charge < -0.3 is 9.31 Å². The van der Waals surface area contributed by atoms with E-state index in [0.717, 1.165) is 5.56 Å². The van der Waals surface area contributed by atoms with Crippen molar-refractivity contribution in [3.63, 3.8) is 0 Å². The molecule has 118 valence electrons. The predicted molar refractivity (Wildman–Crippen MR) is 75.3 cm³/mol. The molecule has 1 fully saturated rings. The van der Waals surface area contributed by atoms with Gasteiger partial charge in [0, 0.05) is 6.42 Å². The zero-order valence-electron chi connectivity index (χ0n) is 12.3. The van der Waals surface area contributed by atoms with Crippen molar-refractivity contribution >= 4 is 19.1 Å². The van der Waals surface area contributed by atoms with Crippen molar-refractivity contribution in [1.82, 2.24) is 4.90 Å². The lowest BCUT2D eigenvalue weighted by atomic mass is 9.75. The van der Waals surface area contributed by atoms with Crippen LogP contribution >= 0.6 is 0 Å². The Hall–Kier alpha value is -1.96. The van der Waals surface area contributed by atoms with Gasteiger partial charge in [-0.25, -0.2) is 8.78 Å². The molecule has 0 N–H and O–H groups in total. The minimum absolute atomic E-state index is 0.244. The number of likely N-dealkylation sites (N-methyl/N-ethyl adjacent to an activating group) is 1. The molecular weight excluding hydrogens is 295 g/mol. The zero-order chi connectivity index (χ0) is 16.3. The second-order valence-corrected chi connectivity index (χ2v) is 5.41. The van der Waals surface area contributed by atoms with Gasteiger partial charge in [0.25, 0.3) is 0 Å². The Morgan fingerprint density at radius 2 is 1.64 bits per heavy atom. The quantitative estimate of drug-likeness (QED) is 0.786. The van der Waals surface area contributed by atoms with E-state index >= 15 is 0 Å². The summed E-state index contributed by atoms with van der Waals surface area (Å²) in [6.07, 6.45) is -0.686. The molecule has 0 atom stereocenters. The van der Waals surface area contributed by atoms with E-state index in [1.165, 1.54) is 11.9 Å². The number of hydrogen-bond acceptors (Lipinski definition) is 5. The fraction of sp³-hybridized carbons (Fsp3) is 0.429. The van der Waals surface area contributed by atoms with Gasteiger partial charge in [0.2, 0.25) is 0 Å². The summed E-state index contributed by atoms with van der Waals surface area (Å²) in [5.41, 5.74) is 1.31. The first-order chi connectivity index (χ1) is 10.3. The van der Waals surface area contributed by atoms with E-state index in [1.54, 1.807) is 24.3 Å². The Balaban J connectivity index is 2.13. The van der Waals surface area contributed by atoms with E-state index in [1.807, 2.05) is 6.92 Å². The highest BCUT2D eigenvalue weighted by atomic mass is 19.3. The summed E-state index contributed by atoms with van der Waals surface area (Å²) in [5, 5.41) is 0. The molecule has 1 heterocycles. The monoisotopic (exact) mass is 311 g/mol. The standard InChI is InChI=1S/C14H16BF2NO4/c1-10-3-5-11(6-4-10)7-14(16,17)15-21-12(19)8-18(2)9-13(20)22-15/h3-6H,7-9H2,1-2H3. The van der Waals surface area contributed by atoms with Gasteiger partial charge >= 0.3 is 24.9 Å². The molecule has 1 aromatic rings. The molecule has 1 aliphatic rings. The molecule has 8 heteroatoms. The topological polar surface area (TPSA) is 55.8 Å². The molecule has 0 saturated carbocycles. The Labute approximate surface area is 127 Å². The van der Waals surface area contributed by atoms with Gasteiger partial charge in [-0.05, 0) is 19.5 Å². The lowest BCUT2D eigenvalue weighted by molar-refractivity contribution is -0.149. The second kappa shape index (κ2) is 6.43. The van der Waals surface area contributed by atoms with Crippen LogP contribution in [0.25, 0.3) is 0 Å². The third-order valence-corrected chi connectivity index (χ3v) is 3.18. The van der Waals surface area contributed by atoms with Crippen LogP contribution in [0.15, 0.2) is 24.3 Å². The van der Waals surface area contributed by atoms with E-state index < -0.39 is 31.3 Å². The number of benzene rings is 1. The number of hydrogen-bond donors (Lipinski definition) is 0. The first kappa shape index (κ1) is 16.4. The van der Waals surface area contributed by atoms with Gasteiger partial charge in [0.05, 0.1) is 13.1 Å². The highest BCUT2D eigenvalue weighted by Gasteiger charge is 2.54. The highest BCUT2D eigenvalue weighted by molar-refractivity contribution is 6.52. The zero-order valence-corrected chi connectivity index (χ0v) is 12.3. The van der Waals surface area contributed by atoms with Crippen LogP contribution in [-0.4, -0.2) is 49.9 Å². The van der Waals surface area contributed by atoms with Crippen molar-refractivity contribution in [2.45, 2.75) is 19.2 Å². The van der Waals surface area contributed by atoms with Gasteiger partial charge in [0.15, 0.2) is 0 Å². The number of carbonyl (C=O) groups excluding carboxylic acids is 2. The summed E-state index contributed by atoms with van der Waals surface area (Å²) in [5.74, 6) is -5.22. The highest BCUT2D eigenvalue weighted by Crippen LogP contribution is 2.26. The molecule has 1 saturated heterocycles. The Morgan fingerprint density at radius 1 is 1.14 bits per heavy atom. The van der Waals surface area contributed by atoms with E-state index in [0.29, 0.717) is 5.56 Å². The molecule has 22 heavy (non-hydrogen) atoms. The minimum atomic E-state index is -3.50. The number of nitrogens with zero attached hydrogens (tertiary/aromatic N) is 1. The number of carbonyl (C=O) groups is 2. The SMILES string of the molecule is Cc1ccc(CC(F)(F)B2OC(=O)CN(C)CC(=O)O2)cc1. The Morgan fingerprint density at radius 3 is 2.14 bits per heavy atom. The van der Waals surface area contributed by atoms with Gasteiger partial charge in [-0.3, -0.25) is 14.5 Å². The molecule has 2 rings (SSSR count).